The summed E-state index contributed by atoms with van der Waals surface area (Å²) in [5, 5.41) is 2.79. The third-order valence-electron chi connectivity index (χ3n) is 6.92. The lowest BCUT2D eigenvalue weighted by atomic mass is 9.71. The molecule has 4 rings (SSSR count). The Balaban J connectivity index is 1.29. The summed E-state index contributed by atoms with van der Waals surface area (Å²) in [7, 11) is 0. The minimum absolute atomic E-state index is 0.00901. The number of amides is 3. The lowest BCUT2D eigenvalue weighted by Crippen LogP contribution is -2.65. The SMILES string of the molecule is CC(C)(C)OC(=O)NC(Cc1ccccc1)C(=O)N1CC2(CCN(C(=O)OCc3ccccc3)CC2)C1. The van der Waals surface area contributed by atoms with E-state index in [1.165, 1.54) is 0 Å². The Morgan fingerprint density at radius 2 is 1.46 bits per heavy atom. The molecule has 0 aliphatic carbocycles. The summed E-state index contributed by atoms with van der Waals surface area (Å²) in [5.41, 5.74) is 1.29. The van der Waals surface area contributed by atoms with E-state index in [1.54, 1.807) is 25.7 Å². The van der Waals surface area contributed by atoms with Gasteiger partial charge in [-0.05, 0) is 44.7 Å². The van der Waals surface area contributed by atoms with Crippen LogP contribution in [0.5, 0.6) is 0 Å². The van der Waals surface area contributed by atoms with Gasteiger partial charge in [0, 0.05) is 38.0 Å². The molecule has 37 heavy (non-hydrogen) atoms. The van der Waals surface area contributed by atoms with Crippen LogP contribution in [0.4, 0.5) is 9.59 Å². The van der Waals surface area contributed by atoms with Crippen LogP contribution in [0, 0.1) is 5.41 Å². The third kappa shape index (κ3) is 7.24. The number of likely N-dealkylation sites (tertiary alicyclic amines) is 2. The van der Waals surface area contributed by atoms with Crippen molar-refractivity contribution in [2.75, 3.05) is 26.2 Å². The quantitative estimate of drug-likeness (QED) is 0.627. The molecule has 2 aliphatic heterocycles. The molecule has 8 heteroatoms. The van der Waals surface area contributed by atoms with Gasteiger partial charge in [0.2, 0.25) is 5.91 Å². The first-order valence-electron chi connectivity index (χ1n) is 12.9. The number of benzene rings is 2. The number of hydrogen-bond donors (Lipinski definition) is 1. The van der Waals surface area contributed by atoms with Crippen molar-refractivity contribution in [1.29, 1.82) is 0 Å². The Hall–Kier alpha value is -3.55. The molecular formula is C29H37N3O5. The molecule has 1 N–H and O–H groups in total. The van der Waals surface area contributed by atoms with Crippen LogP contribution >= 0.6 is 0 Å². The van der Waals surface area contributed by atoms with Gasteiger partial charge in [0.15, 0.2) is 0 Å². The highest BCUT2D eigenvalue weighted by atomic mass is 16.6. The van der Waals surface area contributed by atoms with E-state index >= 15 is 0 Å². The van der Waals surface area contributed by atoms with Crippen molar-refractivity contribution in [2.45, 2.75) is 58.3 Å². The number of carbonyl (C=O) groups excluding carboxylic acids is 3. The molecule has 1 spiro atoms. The van der Waals surface area contributed by atoms with Crippen molar-refractivity contribution in [2.24, 2.45) is 5.41 Å². The van der Waals surface area contributed by atoms with Crippen LogP contribution in [-0.2, 0) is 27.3 Å². The largest absolute Gasteiger partial charge is 0.445 e. The summed E-state index contributed by atoms with van der Waals surface area (Å²) in [4.78, 5) is 42.0. The van der Waals surface area contributed by atoms with Crippen molar-refractivity contribution >= 4 is 18.1 Å². The summed E-state index contributed by atoms with van der Waals surface area (Å²) in [6.45, 7) is 8.12. The van der Waals surface area contributed by atoms with Gasteiger partial charge in [0.05, 0.1) is 0 Å². The first-order valence-corrected chi connectivity index (χ1v) is 12.9. The van der Waals surface area contributed by atoms with Crippen molar-refractivity contribution in [3.05, 3.63) is 71.8 Å². The highest BCUT2D eigenvalue weighted by molar-refractivity contribution is 5.86. The zero-order chi connectivity index (χ0) is 26.5. The van der Waals surface area contributed by atoms with Crippen molar-refractivity contribution in [3.63, 3.8) is 0 Å². The van der Waals surface area contributed by atoms with Crippen molar-refractivity contribution in [1.82, 2.24) is 15.1 Å². The third-order valence-corrected chi connectivity index (χ3v) is 6.92. The molecule has 2 heterocycles. The van der Waals surface area contributed by atoms with Gasteiger partial charge < -0.3 is 24.6 Å². The minimum atomic E-state index is -0.706. The van der Waals surface area contributed by atoms with E-state index in [-0.39, 0.29) is 24.0 Å². The zero-order valence-electron chi connectivity index (χ0n) is 21.9. The highest BCUT2D eigenvalue weighted by Gasteiger charge is 2.48. The molecular weight excluding hydrogens is 470 g/mol. The number of piperidine rings is 1. The van der Waals surface area contributed by atoms with E-state index in [0.717, 1.165) is 24.0 Å². The fraction of sp³-hybridized carbons (Fsp3) is 0.483. The monoisotopic (exact) mass is 507 g/mol. The van der Waals surface area contributed by atoms with Gasteiger partial charge in [0.1, 0.15) is 18.2 Å². The van der Waals surface area contributed by atoms with Gasteiger partial charge in [-0.3, -0.25) is 4.79 Å². The highest BCUT2D eigenvalue weighted by Crippen LogP contribution is 2.41. The van der Waals surface area contributed by atoms with Gasteiger partial charge in [-0.1, -0.05) is 60.7 Å². The van der Waals surface area contributed by atoms with Gasteiger partial charge in [-0.15, -0.1) is 0 Å². The van der Waals surface area contributed by atoms with Crippen LogP contribution in [0.2, 0.25) is 0 Å². The first kappa shape index (κ1) is 26.5. The Labute approximate surface area is 218 Å². The molecule has 0 saturated carbocycles. The smallest absolute Gasteiger partial charge is 0.410 e. The van der Waals surface area contributed by atoms with Crippen LogP contribution in [0.25, 0.3) is 0 Å². The molecule has 198 valence electrons. The summed E-state index contributed by atoms with van der Waals surface area (Å²) in [6, 6.07) is 18.6. The van der Waals surface area contributed by atoms with Crippen LogP contribution in [-0.4, -0.2) is 65.7 Å². The van der Waals surface area contributed by atoms with Crippen LogP contribution in [0.15, 0.2) is 60.7 Å². The van der Waals surface area contributed by atoms with Crippen LogP contribution in [0.1, 0.15) is 44.7 Å². The molecule has 2 fully saturated rings. The van der Waals surface area contributed by atoms with Crippen molar-refractivity contribution < 1.29 is 23.9 Å². The van der Waals surface area contributed by atoms with Crippen molar-refractivity contribution in [3.8, 4) is 0 Å². The molecule has 0 bridgehead atoms. The first-order chi connectivity index (χ1) is 17.6. The summed E-state index contributed by atoms with van der Waals surface area (Å²) >= 11 is 0. The molecule has 2 aromatic rings. The zero-order valence-corrected chi connectivity index (χ0v) is 21.9. The van der Waals surface area contributed by atoms with E-state index in [2.05, 4.69) is 5.32 Å². The van der Waals surface area contributed by atoms with E-state index in [9.17, 15) is 14.4 Å². The van der Waals surface area contributed by atoms with Gasteiger partial charge in [0.25, 0.3) is 0 Å². The fourth-order valence-electron chi connectivity index (χ4n) is 4.93. The maximum absolute atomic E-state index is 13.4. The molecule has 3 amide bonds. The van der Waals surface area contributed by atoms with Crippen LogP contribution in [0.3, 0.4) is 0 Å². The second kappa shape index (κ2) is 11.2. The summed E-state index contributed by atoms with van der Waals surface area (Å²) < 4.78 is 10.9. The maximum Gasteiger partial charge on any atom is 0.410 e. The normalized spacial score (nSPS) is 17.5. The Morgan fingerprint density at radius 3 is 2.03 bits per heavy atom. The fourth-order valence-corrected chi connectivity index (χ4v) is 4.93. The molecule has 0 radical (unpaired) electrons. The second-order valence-electron chi connectivity index (χ2n) is 11.1. The Bertz CT molecular complexity index is 1070. The molecule has 1 atom stereocenters. The number of rotatable bonds is 6. The van der Waals surface area contributed by atoms with E-state index < -0.39 is 17.7 Å². The average Bonchev–Trinajstić information content (AvgIpc) is 2.85. The number of alkyl carbamates (subject to hydrolysis) is 1. The van der Waals surface area contributed by atoms with Gasteiger partial charge >= 0.3 is 12.2 Å². The number of nitrogens with one attached hydrogen (secondary N) is 1. The summed E-state index contributed by atoms with van der Waals surface area (Å²) in [5.74, 6) is -0.106. The second-order valence-corrected chi connectivity index (χ2v) is 11.1. The molecule has 2 aliphatic rings. The van der Waals surface area contributed by atoms with E-state index in [4.69, 9.17) is 9.47 Å². The molecule has 1 unspecified atom stereocenters. The number of ether oxygens (including phenoxy) is 2. The number of hydrogen-bond acceptors (Lipinski definition) is 5. The average molecular weight is 508 g/mol. The predicted octanol–water partition coefficient (Wildman–Crippen LogP) is 4.38. The topological polar surface area (TPSA) is 88.2 Å². The lowest BCUT2D eigenvalue weighted by molar-refractivity contribution is -0.148. The van der Waals surface area contributed by atoms with Gasteiger partial charge in [-0.2, -0.15) is 0 Å². The standard InChI is InChI=1S/C29H37N3O5/c1-28(2,3)37-26(34)30-24(18-22-10-6-4-7-11-22)25(33)32-20-29(21-32)14-16-31(17-15-29)27(35)36-19-23-12-8-5-9-13-23/h4-13,24H,14-21H2,1-3H3,(H,30,34). The van der Waals surface area contributed by atoms with Crippen LogP contribution < -0.4 is 5.32 Å². The maximum atomic E-state index is 13.4. The molecule has 2 aromatic carbocycles. The minimum Gasteiger partial charge on any atom is -0.445 e. The van der Waals surface area contributed by atoms with E-state index in [1.807, 2.05) is 65.6 Å². The lowest BCUT2D eigenvalue weighted by Gasteiger charge is -2.54. The molecule has 8 nitrogen and oxygen atoms in total. The van der Waals surface area contributed by atoms with Gasteiger partial charge in [-0.25, -0.2) is 9.59 Å². The molecule has 2 saturated heterocycles. The number of carbonyl (C=O) groups is 3. The Kier molecular flexibility index (Phi) is 8.05. The number of nitrogens with zero attached hydrogens (tertiary/aromatic N) is 2. The summed E-state index contributed by atoms with van der Waals surface area (Å²) in [6.07, 6.45) is 1.14. The van der Waals surface area contributed by atoms with E-state index in [0.29, 0.717) is 32.6 Å². The predicted molar refractivity (Wildman–Crippen MR) is 140 cm³/mol. The Morgan fingerprint density at radius 1 is 0.892 bits per heavy atom. The molecule has 0 aromatic heterocycles.